The van der Waals surface area contributed by atoms with E-state index in [9.17, 15) is 18.4 Å². The number of halogens is 3. The Hall–Kier alpha value is -3.02. The molecule has 0 bridgehead atoms. The Morgan fingerprint density at radius 2 is 1.90 bits per heavy atom. The number of nitrogens with zero attached hydrogens (tertiary/aromatic N) is 6. The van der Waals surface area contributed by atoms with Crippen LogP contribution >= 0.6 is 0 Å². The molecule has 0 amide bonds. The van der Waals surface area contributed by atoms with Crippen LogP contribution in [0.5, 0.6) is 0 Å². The van der Waals surface area contributed by atoms with Crippen molar-refractivity contribution in [1.29, 1.82) is 5.26 Å². The van der Waals surface area contributed by atoms with Crippen molar-refractivity contribution in [3.8, 4) is 6.07 Å². The van der Waals surface area contributed by atoms with E-state index in [-0.39, 0.29) is 11.6 Å². The molecule has 0 saturated carbocycles. The van der Waals surface area contributed by atoms with Gasteiger partial charge in [-0.25, -0.2) is 9.97 Å². The number of nitriles is 1. The van der Waals surface area contributed by atoms with Gasteiger partial charge in [-0.05, 0) is 25.0 Å². The summed E-state index contributed by atoms with van der Waals surface area (Å²) in [4.78, 5) is 14.3. The maximum Gasteiger partial charge on any atom is 0.417 e. The van der Waals surface area contributed by atoms with E-state index >= 15 is 0 Å². The Kier molecular flexibility index (Phi) is 5.82. The van der Waals surface area contributed by atoms with Crippen molar-refractivity contribution in [3.05, 3.63) is 41.7 Å². The van der Waals surface area contributed by atoms with Crippen molar-refractivity contribution in [1.82, 2.24) is 9.97 Å². The zero-order valence-electron chi connectivity index (χ0n) is 16.6. The first-order valence-electron chi connectivity index (χ1n) is 9.30. The second-order valence-corrected chi connectivity index (χ2v) is 7.29. The molecule has 1 aromatic carbocycles. The third-order valence-corrected chi connectivity index (χ3v) is 5.20. The SMILES string of the molecule is CN(C)c1cc(N(C)C2CCCN(c3cccc(C(F)(F)F)c3C#N)C2)ncn1. The number of hydrogen-bond donors (Lipinski definition) is 0. The van der Waals surface area contributed by atoms with Crippen molar-refractivity contribution >= 4 is 17.3 Å². The molecule has 0 N–H and O–H groups in total. The van der Waals surface area contributed by atoms with Gasteiger partial charge in [0.05, 0.1) is 16.8 Å². The number of alkyl halides is 3. The predicted octanol–water partition coefficient (Wildman–Crippen LogP) is 3.54. The zero-order chi connectivity index (χ0) is 21.2. The van der Waals surface area contributed by atoms with Gasteiger partial charge in [-0.1, -0.05) is 6.07 Å². The molecular formula is C20H23F3N6. The Morgan fingerprint density at radius 1 is 1.17 bits per heavy atom. The molecule has 2 aromatic rings. The number of piperidine rings is 1. The van der Waals surface area contributed by atoms with Gasteiger partial charge in [-0.3, -0.25) is 0 Å². The smallest absolute Gasteiger partial charge is 0.368 e. The Morgan fingerprint density at radius 3 is 2.55 bits per heavy atom. The molecule has 1 fully saturated rings. The van der Waals surface area contributed by atoms with Crippen LogP contribution in [0.2, 0.25) is 0 Å². The molecule has 6 nitrogen and oxygen atoms in total. The minimum atomic E-state index is -4.56. The molecule has 2 heterocycles. The molecule has 1 atom stereocenters. The number of anilines is 3. The van der Waals surface area contributed by atoms with Gasteiger partial charge in [0.1, 0.15) is 24.0 Å². The quantitative estimate of drug-likeness (QED) is 0.777. The van der Waals surface area contributed by atoms with Crippen LogP contribution in [0.15, 0.2) is 30.6 Å². The molecule has 1 aliphatic rings. The van der Waals surface area contributed by atoms with Gasteiger partial charge in [0.2, 0.25) is 0 Å². The van der Waals surface area contributed by atoms with Crippen molar-refractivity contribution in [2.45, 2.75) is 25.1 Å². The summed E-state index contributed by atoms with van der Waals surface area (Å²) >= 11 is 0. The second kappa shape index (κ2) is 8.15. The number of aromatic nitrogens is 2. The fourth-order valence-electron chi connectivity index (χ4n) is 3.61. The Balaban J connectivity index is 1.87. The van der Waals surface area contributed by atoms with Gasteiger partial charge >= 0.3 is 6.18 Å². The molecule has 1 aliphatic heterocycles. The lowest BCUT2D eigenvalue weighted by Crippen LogP contribution is -2.47. The maximum atomic E-state index is 13.3. The third kappa shape index (κ3) is 4.36. The van der Waals surface area contributed by atoms with E-state index in [0.717, 1.165) is 30.5 Å². The normalized spacial score (nSPS) is 17.0. The molecular weight excluding hydrogens is 381 g/mol. The summed E-state index contributed by atoms with van der Waals surface area (Å²) in [5.41, 5.74) is -0.878. The van der Waals surface area contributed by atoms with Crippen LogP contribution in [-0.2, 0) is 6.18 Å². The second-order valence-electron chi connectivity index (χ2n) is 7.29. The molecule has 3 rings (SSSR count). The van der Waals surface area contributed by atoms with Crippen molar-refractivity contribution < 1.29 is 13.2 Å². The van der Waals surface area contributed by atoms with Crippen LogP contribution in [-0.4, -0.2) is 50.2 Å². The molecule has 1 saturated heterocycles. The van der Waals surface area contributed by atoms with E-state index in [4.69, 9.17) is 0 Å². The summed E-state index contributed by atoms with van der Waals surface area (Å²) in [6.45, 7) is 1.11. The van der Waals surface area contributed by atoms with Gasteiger partial charge in [0.15, 0.2) is 0 Å². The first-order valence-corrected chi connectivity index (χ1v) is 9.30. The summed E-state index contributed by atoms with van der Waals surface area (Å²) in [6, 6.07) is 7.60. The van der Waals surface area contributed by atoms with Crippen LogP contribution < -0.4 is 14.7 Å². The minimum absolute atomic E-state index is 0.0507. The first kappa shape index (κ1) is 20.7. The van der Waals surface area contributed by atoms with E-state index in [1.165, 1.54) is 12.4 Å². The fraction of sp³-hybridized carbons (Fsp3) is 0.450. The van der Waals surface area contributed by atoms with Crippen LogP contribution in [0.4, 0.5) is 30.5 Å². The van der Waals surface area contributed by atoms with Gasteiger partial charge in [-0.15, -0.1) is 0 Å². The Bertz CT molecular complexity index is 906. The summed E-state index contributed by atoms with van der Waals surface area (Å²) in [7, 11) is 5.71. The van der Waals surface area contributed by atoms with E-state index in [1.54, 1.807) is 12.1 Å². The van der Waals surface area contributed by atoms with Gasteiger partial charge in [-0.2, -0.15) is 18.4 Å². The highest BCUT2D eigenvalue weighted by Gasteiger charge is 2.36. The summed E-state index contributed by atoms with van der Waals surface area (Å²) in [6.07, 6.45) is -1.37. The lowest BCUT2D eigenvalue weighted by Gasteiger charge is -2.39. The van der Waals surface area contributed by atoms with Crippen LogP contribution in [0.25, 0.3) is 0 Å². The molecule has 1 unspecified atom stereocenters. The largest absolute Gasteiger partial charge is 0.417 e. The summed E-state index contributed by atoms with van der Waals surface area (Å²) < 4.78 is 39.9. The van der Waals surface area contributed by atoms with E-state index in [0.29, 0.717) is 18.8 Å². The van der Waals surface area contributed by atoms with Crippen LogP contribution in [0.1, 0.15) is 24.0 Å². The highest BCUT2D eigenvalue weighted by Crippen LogP contribution is 2.37. The molecule has 0 radical (unpaired) electrons. The van der Waals surface area contributed by atoms with Gasteiger partial charge < -0.3 is 14.7 Å². The predicted molar refractivity (Wildman–Crippen MR) is 106 cm³/mol. The Labute approximate surface area is 168 Å². The number of rotatable bonds is 4. The monoisotopic (exact) mass is 404 g/mol. The lowest BCUT2D eigenvalue weighted by atomic mass is 10.00. The summed E-state index contributed by atoms with van der Waals surface area (Å²) in [5.74, 6) is 1.53. The number of benzene rings is 1. The average molecular weight is 404 g/mol. The van der Waals surface area contributed by atoms with Gasteiger partial charge in [0, 0.05) is 46.3 Å². The molecule has 154 valence electrons. The fourth-order valence-corrected chi connectivity index (χ4v) is 3.61. The van der Waals surface area contributed by atoms with Gasteiger partial charge in [0.25, 0.3) is 0 Å². The van der Waals surface area contributed by atoms with Crippen molar-refractivity contribution in [3.63, 3.8) is 0 Å². The van der Waals surface area contributed by atoms with E-state index in [1.807, 2.05) is 41.9 Å². The van der Waals surface area contributed by atoms with E-state index < -0.39 is 11.7 Å². The topological polar surface area (TPSA) is 59.3 Å². The molecule has 0 spiro atoms. The average Bonchev–Trinajstić information content (AvgIpc) is 2.72. The molecule has 29 heavy (non-hydrogen) atoms. The third-order valence-electron chi connectivity index (χ3n) is 5.20. The molecule has 1 aromatic heterocycles. The molecule has 0 aliphatic carbocycles. The highest BCUT2D eigenvalue weighted by molar-refractivity contribution is 5.64. The maximum absolute atomic E-state index is 13.3. The summed E-state index contributed by atoms with van der Waals surface area (Å²) in [5, 5.41) is 9.42. The van der Waals surface area contributed by atoms with Crippen LogP contribution in [0, 0.1) is 11.3 Å². The minimum Gasteiger partial charge on any atom is -0.368 e. The lowest BCUT2D eigenvalue weighted by molar-refractivity contribution is -0.137. The standard InChI is InChI=1S/C20H23F3N6/c1-27(2)18-10-19(26-13-25-18)28(3)14-6-5-9-29(12-14)17-8-4-7-16(15(17)11-24)20(21,22)23/h4,7-8,10,13-14H,5-6,9,12H2,1-3H3. The van der Waals surface area contributed by atoms with E-state index in [2.05, 4.69) is 9.97 Å². The number of likely N-dealkylation sites (N-methyl/N-ethyl adjacent to an activating group) is 1. The van der Waals surface area contributed by atoms with Crippen LogP contribution in [0.3, 0.4) is 0 Å². The highest BCUT2D eigenvalue weighted by atomic mass is 19.4. The van der Waals surface area contributed by atoms with Crippen molar-refractivity contribution in [2.24, 2.45) is 0 Å². The first-order chi connectivity index (χ1) is 13.7. The zero-order valence-corrected chi connectivity index (χ0v) is 16.6. The van der Waals surface area contributed by atoms with Crippen molar-refractivity contribution in [2.75, 3.05) is 48.9 Å². The molecule has 9 heteroatoms. The number of hydrogen-bond acceptors (Lipinski definition) is 6.